The zero-order valence-electron chi connectivity index (χ0n) is 15.5. The molecule has 3 nitrogen and oxygen atoms in total. The second-order valence-electron chi connectivity index (χ2n) is 6.90. The van der Waals surface area contributed by atoms with Gasteiger partial charge in [-0.1, -0.05) is 48.0 Å². The molecule has 0 N–H and O–H groups in total. The predicted octanol–water partition coefficient (Wildman–Crippen LogP) is 6.55. The van der Waals surface area contributed by atoms with Gasteiger partial charge in [0.05, 0.1) is 22.3 Å². The van der Waals surface area contributed by atoms with E-state index in [0.717, 1.165) is 16.0 Å². The summed E-state index contributed by atoms with van der Waals surface area (Å²) >= 11 is 13.1. The summed E-state index contributed by atoms with van der Waals surface area (Å²) in [7, 11) is 0. The van der Waals surface area contributed by atoms with Crippen molar-refractivity contribution < 1.29 is 4.39 Å². The van der Waals surface area contributed by atoms with Crippen LogP contribution in [-0.2, 0) is 6.54 Å². The zero-order chi connectivity index (χ0) is 20.8. The lowest BCUT2D eigenvalue weighted by Crippen LogP contribution is -2.23. The van der Waals surface area contributed by atoms with Crippen LogP contribution in [0.1, 0.15) is 5.56 Å². The average Bonchev–Trinajstić information content (AvgIpc) is 3.10. The van der Waals surface area contributed by atoms with Crippen molar-refractivity contribution in [3.63, 3.8) is 0 Å². The summed E-state index contributed by atoms with van der Waals surface area (Å²) in [4.78, 5) is 14.3. The summed E-state index contributed by atoms with van der Waals surface area (Å²) in [5.74, 6) is -0.336. The molecule has 5 aromatic rings. The number of hydrogen-bond donors (Lipinski definition) is 0. The molecule has 3 aromatic carbocycles. The second-order valence-corrected chi connectivity index (χ2v) is 8.98. The van der Waals surface area contributed by atoms with Gasteiger partial charge in [-0.05, 0) is 59.7 Å². The SMILES string of the molecule is O=c1c2ccccc2n2c(=S)sc(-c3cccc(F)c3)c2n1Cc1ccc(Cl)cc1. The molecule has 2 aromatic heterocycles. The fourth-order valence-corrected chi connectivity index (χ4v) is 5.20. The topological polar surface area (TPSA) is 26.4 Å². The minimum atomic E-state index is -0.336. The first-order valence-corrected chi connectivity index (χ1v) is 10.8. The Labute approximate surface area is 185 Å². The monoisotopic (exact) mass is 452 g/mol. The van der Waals surface area contributed by atoms with Crippen LogP contribution in [0.2, 0.25) is 5.02 Å². The van der Waals surface area contributed by atoms with Gasteiger partial charge in [-0.15, -0.1) is 11.3 Å². The van der Waals surface area contributed by atoms with Crippen molar-refractivity contribution in [2.75, 3.05) is 0 Å². The van der Waals surface area contributed by atoms with Gasteiger partial charge in [0, 0.05) is 5.02 Å². The first kappa shape index (κ1) is 19.2. The van der Waals surface area contributed by atoms with E-state index in [9.17, 15) is 9.18 Å². The molecule has 0 bridgehead atoms. The number of aromatic nitrogens is 2. The number of rotatable bonds is 3. The van der Waals surface area contributed by atoms with Gasteiger partial charge in [-0.25, -0.2) is 4.39 Å². The van der Waals surface area contributed by atoms with E-state index < -0.39 is 0 Å². The molecule has 0 fully saturated rings. The van der Waals surface area contributed by atoms with Crippen LogP contribution >= 0.6 is 35.2 Å². The molecule has 7 heteroatoms. The second kappa shape index (κ2) is 7.47. The molecular weight excluding hydrogens is 439 g/mol. The van der Waals surface area contributed by atoms with Crippen molar-refractivity contribution in [2.24, 2.45) is 0 Å². The van der Waals surface area contributed by atoms with E-state index in [-0.39, 0.29) is 11.4 Å². The molecule has 2 heterocycles. The largest absolute Gasteiger partial charge is 0.288 e. The Hall–Kier alpha value is -2.80. The highest BCUT2D eigenvalue weighted by atomic mass is 35.5. The molecule has 0 unspecified atom stereocenters. The Morgan fingerprint density at radius 3 is 2.53 bits per heavy atom. The highest BCUT2D eigenvalue weighted by Gasteiger charge is 2.18. The maximum atomic E-state index is 14.0. The smallest absolute Gasteiger partial charge is 0.261 e. The van der Waals surface area contributed by atoms with Crippen LogP contribution in [0.5, 0.6) is 0 Å². The molecule has 0 spiro atoms. The highest BCUT2D eigenvalue weighted by Crippen LogP contribution is 2.33. The van der Waals surface area contributed by atoms with Crippen molar-refractivity contribution in [1.29, 1.82) is 0 Å². The molecule has 0 aliphatic heterocycles. The summed E-state index contributed by atoms with van der Waals surface area (Å²) in [6.45, 7) is 0.345. The van der Waals surface area contributed by atoms with Crippen LogP contribution in [0, 0.1) is 9.77 Å². The van der Waals surface area contributed by atoms with E-state index in [2.05, 4.69) is 0 Å². The van der Waals surface area contributed by atoms with Gasteiger partial charge in [-0.2, -0.15) is 0 Å². The number of nitrogens with zero attached hydrogens (tertiary/aromatic N) is 2. The van der Waals surface area contributed by atoms with E-state index in [1.807, 2.05) is 40.8 Å². The molecule has 0 saturated heterocycles. The van der Waals surface area contributed by atoms with Gasteiger partial charge < -0.3 is 0 Å². The standard InChI is InChI=1S/C23H14ClFN2OS2/c24-16-10-8-14(9-11-16)13-26-21-20(15-4-3-5-17(25)12-15)30-23(29)27(21)19-7-2-1-6-18(19)22(26)28/h1-12H,13H2. The Morgan fingerprint density at radius 2 is 1.77 bits per heavy atom. The van der Waals surface area contributed by atoms with Crippen LogP contribution in [-0.4, -0.2) is 8.97 Å². The molecule has 0 aliphatic rings. The normalized spacial score (nSPS) is 11.4. The van der Waals surface area contributed by atoms with Crippen LogP contribution < -0.4 is 5.56 Å². The van der Waals surface area contributed by atoms with Gasteiger partial charge in [0.25, 0.3) is 5.56 Å². The molecule has 0 atom stereocenters. The van der Waals surface area contributed by atoms with Crippen molar-refractivity contribution in [1.82, 2.24) is 8.97 Å². The summed E-state index contributed by atoms with van der Waals surface area (Å²) < 4.78 is 18.2. The third kappa shape index (κ3) is 3.17. The maximum absolute atomic E-state index is 14.0. The van der Waals surface area contributed by atoms with Crippen molar-refractivity contribution >= 4 is 51.7 Å². The van der Waals surface area contributed by atoms with Gasteiger partial charge in [0.15, 0.2) is 3.95 Å². The van der Waals surface area contributed by atoms with Gasteiger partial charge in [0.1, 0.15) is 11.5 Å². The number of thiazole rings is 1. The van der Waals surface area contributed by atoms with Crippen LogP contribution in [0.3, 0.4) is 0 Å². The highest BCUT2D eigenvalue weighted by molar-refractivity contribution is 7.73. The number of para-hydroxylation sites is 1. The fourth-order valence-electron chi connectivity index (χ4n) is 3.65. The van der Waals surface area contributed by atoms with Gasteiger partial charge >= 0.3 is 0 Å². The Bertz CT molecular complexity index is 1530. The predicted molar refractivity (Wildman–Crippen MR) is 124 cm³/mol. The quantitative estimate of drug-likeness (QED) is 0.290. The van der Waals surface area contributed by atoms with E-state index in [0.29, 0.717) is 32.1 Å². The van der Waals surface area contributed by atoms with Gasteiger partial charge in [0.2, 0.25) is 0 Å². The lowest BCUT2D eigenvalue weighted by atomic mass is 10.1. The molecule has 0 amide bonds. The van der Waals surface area contributed by atoms with E-state index in [1.54, 1.807) is 28.8 Å². The Kier molecular flexibility index (Phi) is 4.77. The molecule has 148 valence electrons. The summed E-state index contributed by atoms with van der Waals surface area (Å²) in [5, 5.41) is 1.21. The van der Waals surface area contributed by atoms with Crippen LogP contribution in [0.4, 0.5) is 4.39 Å². The van der Waals surface area contributed by atoms with E-state index in [1.165, 1.54) is 23.5 Å². The molecule has 0 aliphatic carbocycles. The summed E-state index contributed by atoms with van der Waals surface area (Å²) in [5.41, 5.74) is 2.91. The van der Waals surface area contributed by atoms with Crippen molar-refractivity contribution in [2.45, 2.75) is 6.54 Å². The van der Waals surface area contributed by atoms with Crippen LogP contribution in [0.25, 0.3) is 27.0 Å². The molecule has 5 rings (SSSR count). The summed E-state index contributed by atoms with van der Waals surface area (Å²) in [6.07, 6.45) is 0. The van der Waals surface area contributed by atoms with E-state index in [4.69, 9.17) is 23.8 Å². The van der Waals surface area contributed by atoms with Crippen molar-refractivity contribution in [3.05, 3.63) is 104 Å². The Morgan fingerprint density at radius 1 is 1.00 bits per heavy atom. The molecule has 0 radical (unpaired) electrons. The number of hydrogen-bond acceptors (Lipinski definition) is 3. The van der Waals surface area contributed by atoms with E-state index >= 15 is 0 Å². The lowest BCUT2D eigenvalue weighted by molar-refractivity contribution is 0.628. The number of benzene rings is 3. The zero-order valence-corrected chi connectivity index (χ0v) is 17.9. The maximum Gasteiger partial charge on any atom is 0.261 e. The lowest BCUT2D eigenvalue weighted by Gasteiger charge is -2.13. The van der Waals surface area contributed by atoms with Crippen molar-refractivity contribution in [3.8, 4) is 10.4 Å². The third-order valence-corrected chi connectivity index (χ3v) is 6.67. The molecule has 0 saturated carbocycles. The molecule has 30 heavy (non-hydrogen) atoms. The number of halogens is 2. The summed E-state index contributed by atoms with van der Waals surface area (Å²) in [6, 6.07) is 21.1. The minimum absolute atomic E-state index is 0.119. The third-order valence-electron chi connectivity index (χ3n) is 5.00. The first-order chi connectivity index (χ1) is 14.5. The molecular formula is C23H14ClFN2OS2. The minimum Gasteiger partial charge on any atom is -0.288 e. The average molecular weight is 453 g/mol. The first-order valence-electron chi connectivity index (χ1n) is 9.20. The fraction of sp³-hybridized carbons (Fsp3) is 0.0435. The number of fused-ring (bicyclic) bond motifs is 3. The Balaban J connectivity index is 1.90. The van der Waals surface area contributed by atoms with Crippen LogP contribution in [0.15, 0.2) is 77.6 Å². The van der Waals surface area contributed by atoms with Gasteiger partial charge in [-0.3, -0.25) is 13.8 Å².